The number of aromatic nitrogens is 1. The van der Waals surface area contributed by atoms with Crippen LogP contribution in [0.4, 0.5) is 10.5 Å². The number of urea groups is 1. The van der Waals surface area contributed by atoms with E-state index in [1.165, 1.54) is 25.5 Å². The minimum atomic E-state index is -1.11. The fourth-order valence-electron chi connectivity index (χ4n) is 0.865. The van der Waals surface area contributed by atoms with Crippen LogP contribution < -0.4 is 10.6 Å². The van der Waals surface area contributed by atoms with Gasteiger partial charge in [0.05, 0.1) is 17.4 Å². The number of nitrogens with one attached hydrogen (secondary N) is 2. The lowest BCUT2D eigenvalue weighted by Crippen LogP contribution is -2.25. The molecule has 0 aliphatic heterocycles. The number of hydrogen-bond donors (Lipinski definition) is 3. The van der Waals surface area contributed by atoms with Gasteiger partial charge in [-0.1, -0.05) is 0 Å². The third kappa shape index (κ3) is 2.19. The minimum Gasteiger partial charge on any atom is -0.478 e. The summed E-state index contributed by atoms with van der Waals surface area (Å²) in [6.45, 7) is 0. The number of pyridine rings is 1. The molecule has 14 heavy (non-hydrogen) atoms. The van der Waals surface area contributed by atoms with Crippen molar-refractivity contribution in [1.29, 1.82) is 0 Å². The summed E-state index contributed by atoms with van der Waals surface area (Å²) in [6.07, 6.45) is 2.62. The maximum absolute atomic E-state index is 10.9. The first-order valence-electron chi connectivity index (χ1n) is 3.81. The van der Waals surface area contributed by atoms with Gasteiger partial charge in [-0.25, -0.2) is 9.59 Å². The van der Waals surface area contributed by atoms with E-state index >= 15 is 0 Å². The molecule has 0 aliphatic rings. The number of carbonyl (C=O) groups excluding carboxylic acids is 1. The van der Waals surface area contributed by atoms with Crippen LogP contribution in [0.3, 0.4) is 0 Å². The Morgan fingerprint density at radius 2 is 2.21 bits per heavy atom. The lowest BCUT2D eigenvalue weighted by atomic mass is 10.2. The van der Waals surface area contributed by atoms with Crippen LogP contribution in [-0.4, -0.2) is 29.1 Å². The molecule has 0 atom stereocenters. The smallest absolute Gasteiger partial charge is 0.337 e. The molecule has 1 heterocycles. The van der Waals surface area contributed by atoms with Crippen LogP contribution in [0, 0.1) is 0 Å². The fourth-order valence-corrected chi connectivity index (χ4v) is 0.865. The topological polar surface area (TPSA) is 91.3 Å². The summed E-state index contributed by atoms with van der Waals surface area (Å²) in [6, 6.07) is 0.827. The average molecular weight is 195 g/mol. The lowest BCUT2D eigenvalue weighted by Gasteiger charge is -2.06. The Morgan fingerprint density at radius 3 is 2.79 bits per heavy atom. The fraction of sp³-hybridized carbons (Fsp3) is 0.125. The van der Waals surface area contributed by atoms with Crippen molar-refractivity contribution in [2.75, 3.05) is 12.4 Å². The third-order valence-corrected chi connectivity index (χ3v) is 1.53. The van der Waals surface area contributed by atoms with Crippen LogP contribution in [0.2, 0.25) is 0 Å². The van der Waals surface area contributed by atoms with Crippen molar-refractivity contribution in [3.63, 3.8) is 0 Å². The summed E-state index contributed by atoms with van der Waals surface area (Å²) in [5.41, 5.74) is 0.169. The van der Waals surface area contributed by atoms with Crippen molar-refractivity contribution < 1.29 is 14.7 Å². The van der Waals surface area contributed by atoms with Crippen LogP contribution in [0.5, 0.6) is 0 Å². The number of carbonyl (C=O) groups is 2. The lowest BCUT2D eigenvalue weighted by molar-refractivity contribution is 0.0698. The van der Waals surface area contributed by atoms with Gasteiger partial charge >= 0.3 is 12.0 Å². The summed E-state index contributed by atoms with van der Waals surface area (Å²) in [4.78, 5) is 25.3. The number of aromatic carboxylic acids is 1. The van der Waals surface area contributed by atoms with Gasteiger partial charge in [-0.05, 0) is 6.07 Å². The maximum atomic E-state index is 10.9. The Bertz CT molecular complexity index is 365. The number of anilines is 1. The SMILES string of the molecule is CNC(=O)Nc1cnccc1C(=O)O. The highest BCUT2D eigenvalue weighted by Crippen LogP contribution is 2.12. The monoisotopic (exact) mass is 195 g/mol. The molecule has 0 radical (unpaired) electrons. The zero-order valence-electron chi connectivity index (χ0n) is 7.44. The van der Waals surface area contributed by atoms with Crippen molar-refractivity contribution in [2.45, 2.75) is 0 Å². The average Bonchev–Trinajstić information content (AvgIpc) is 2.18. The van der Waals surface area contributed by atoms with Crippen molar-refractivity contribution >= 4 is 17.7 Å². The van der Waals surface area contributed by atoms with E-state index in [1.807, 2.05) is 0 Å². The predicted octanol–water partition coefficient (Wildman–Crippen LogP) is 0.531. The van der Waals surface area contributed by atoms with Crippen LogP contribution in [0.15, 0.2) is 18.5 Å². The summed E-state index contributed by atoms with van der Waals surface area (Å²) >= 11 is 0. The number of carboxylic acids is 1. The normalized spacial score (nSPS) is 9.21. The molecule has 0 saturated carbocycles. The molecule has 2 amide bonds. The van der Waals surface area contributed by atoms with E-state index in [1.54, 1.807) is 0 Å². The highest BCUT2D eigenvalue weighted by atomic mass is 16.4. The maximum Gasteiger partial charge on any atom is 0.337 e. The molecule has 0 spiro atoms. The van der Waals surface area contributed by atoms with Gasteiger partial charge in [0, 0.05) is 13.2 Å². The predicted molar refractivity (Wildman–Crippen MR) is 49.3 cm³/mol. The molecule has 6 nitrogen and oxygen atoms in total. The number of amides is 2. The van der Waals surface area contributed by atoms with Crippen LogP contribution >= 0.6 is 0 Å². The van der Waals surface area contributed by atoms with Gasteiger partial charge in [-0.15, -0.1) is 0 Å². The molecule has 1 aromatic rings. The van der Waals surface area contributed by atoms with E-state index in [4.69, 9.17) is 5.11 Å². The summed E-state index contributed by atoms with van der Waals surface area (Å²) in [5, 5.41) is 13.4. The highest BCUT2D eigenvalue weighted by Gasteiger charge is 2.10. The number of hydrogen-bond acceptors (Lipinski definition) is 3. The molecule has 6 heteroatoms. The molecule has 0 unspecified atom stereocenters. The molecule has 0 aliphatic carbocycles. The van der Waals surface area contributed by atoms with E-state index in [-0.39, 0.29) is 11.3 Å². The molecule has 74 valence electrons. The van der Waals surface area contributed by atoms with E-state index in [0.717, 1.165) is 0 Å². The first-order chi connectivity index (χ1) is 6.65. The van der Waals surface area contributed by atoms with Crippen molar-refractivity contribution in [3.05, 3.63) is 24.0 Å². The van der Waals surface area contributed by atoms with Gasteiger partial charge in [-0.3, -0.25) is 4.98 Å². The Kier molecular flexibility index (Phi) is 3.01. The molecule has 0 fully saturated rings. The quantitative estimate of drug-likeness (QED) is 0.641. The molecular weight excluding hydrogens is 186 g/mol. The summed E-state index contributed by atoms with van der Waals surface area (Å²) in [5.74, 6) is -1.11. The van der Waals surface area contributed by atoms with E-state index in [2.05, 4.69) is 15.6 Å². The second kappa shape index (κ2) is 4.22. The molecule has 0 saturated heterocycles. The van der Waals surface area contributed by atoms with Crippen molar-refractivity contribution in [3.8, 4) is 0 Å². The van der Waals surface area contributed by atoms with E-state index in [9.17, 15) is 9.59 Å². The zero-order chi connectivity index (χ0) is 10.6. The van der Waals surface area contributed by atoms with Crippen LogP contribution in [-0.2, 0) is 0 Å². The van der Waals surface area contributed by atoms with E-state index in [0.29, 0.717) is 0 Å². The van der Waals surface area contributed by atoms with Gasteiger partial charge in [0.2, 0.25) is 0 Å². The number of rotatable bonds is 2. The number of carboxylic acid groups (broad SMARTS) is 1. The molecule has 1 aromatic heterocycles. The Balaban J connectivity index is 2.95. The Morgan fingerprint density at radius 1 is 1.50 bits per heavy atom. The van der Waals surface area contributed by atoms with Gasteiger partial charge in [0.15, 0.2) is 0 Å². The largest absolute Gasteiger partial charge is 0.478 e. The molecule has 0 bridgehead atoms. The summed E-state index contributed by atoms with van der Waals surface area (Å²) in [7, 11) is 1.44. The summed E-state index contributed by atoms with van der Waals surface area (Å²) < 4.78 is 0. The third-order valence-electron chi connectivity index (χ3n) is 1.53. The molecule has 0 aromatic carbocycles. The molecule has 1 rings (SSSR count). The van der Waals surface area contributed by atoms with Crippen molar-refractivity contribution in [1.82, 2.24) is 10.3 Å². The van der Waals surface area contributed by atoms with E-state index < -0.39 is 12.0 Å². The van der Waals surface area contributed by atoms with Crippen LogP contribution in [0.25, 0.3) is 0 Å². The standard InChI is InChI=1S/C8H9N3O3/c1-9-8(14)11-6-4-10-3-2-5(6)7(12)13/h2-4H,1H3,(H,12,13)(H2,9,11,14). The number of nitrogens with zero attached hydrogens (tertiary/aromatic N) is 1. The van der Waals surface area contributed by atoms with Crippen molar-refractivity contribution in [2.24, 2.45) is 0 Å². The second-order valence-corrected chi connectivity index (χ2v) is 2.43. The minimum absolute atomic E-state index is 0.00333. The highest BCUT2D eigenvalue weighted by molar-refractivity contribution is 5.99. The molecule has 3 N–H and O–H groups in total. The van der Waals surface area contributed by atoms with Gasteiger partial charge in [0.1, 0.15) is 0 Å². The zero-order valence-corrected chi connectivity index (χ0v) is 7.44. The van der Waals surface area contributed by atoms with Gasteiger partial charge in [-0.2, -0.15) is 0 Å². The first kappa shape index (κ1) is 9.97. The van der Waals surface area contributed by atoms with Gasteiger partial charge < -0.3 is 15.7 Å². The Hall–Kier alpha value is -2.11. The van der Waals surface area contributed by atoms with Crippen LogP contribution in [0.1, 0.15) is 10.4 Å². The Labute approximate surface area is 80.0 Å². The second-order valence-electron chi connectivity index (χ2n) is 2.43. The molecular formula is C8H9N3O3. The van der Waals surface area contributed by atoms with Gasteiger partial charge in [0.25, 0.3) is 0 Å². The first-order valence-corrected chi connectivity index (χ1v) is 3.81.